The van der Waals surface area contributed by atoms with Crippen molar-refractivity contribution < 1.29 is 9.47 Å². The molecular weight excluding hydrogens is 316 g/mol. The molecule has 0 unspecified atom stereocenters. The lowest BCUT2D eigenvalue weighted by Crippen LogP contribution is -2.14. The van der Waals surface area contributed by atoms with Gasteiger partial charge in [-0.05, 0) is 32.6 Å². The zero-order valence-electron chi connectivity index (χ0n) is 13.3. The minimum absolute atomic E-state index is 0.334. The SMILES string of the molecule is CCOC(C#CCCCCCCCCCCBr)OCC. The Morgan fingerprint density at radius 3 is 1.80 bits per heavy atom. The Kier molecular flexibility index (Phi) is 17.0. The summed E-state index contributed by atoms with van der Waals surface area (Å²) in [5.74, 6) is 6.22. The fraction of sp³-hybridized carbons (Fsp3) is 0.882. The Morgan fingerprint density at radius 1 is 0.800 bits per heavy atom. The van der Waals surface area contributed by atoms with Gasteiger partial charge >= 0.3 is 0 Å². The van der Waals surface area contributed by atoms with Gasteiger partial charge in [0.15, 0.2) is 0 Å². The second-order valence-corrected chi connectivity index (χ2v) is 5.62. The molecule has 0 radical (unpaired) electrons. The highest BCUT2D eigenvalue weighted by Gasteiger charge is 2.00. The normalized spacial score (nSPS) is 10.6. The fourth-order valence-electron chi connectivity index (χ4n) is 1.96. The van der Waals surface area contributed by atoms with Gasteiger partial charge in [0.1, 0.15) is 0 Å². The Morgan fingerprint density at radius 2 is 1.30 bits per heavy atom. The van der Waals surface area contributed by atoms with Crippen molar-refractivity contribution in [1.29, 1.82) is 0 Å². The molecule has 0 aliphatic heterocycles. The highest BCUT2D eigenvalue weighted by Crippen LogP contribution is 2.10. The summed E-state index contributed by atoms with van der Waals surface area (Å²) < 4.78 is 10.8. The van der Waals surface area contributed by atoms with Crippen molar-refractivity contribution in [2.24, 2.45) is 0 Å². The number of rotatable bonds is 13. The van der Waals surface area contributed by atoms with E-state index in [1.54, 1.807) is 0 Å². The third-order valence-corrected chi connectivity index (χ3v) is 3.60. The number of ether oxygens (including phenoxy) is 2. The second-order valence-electron chi connectivity index (χ2n) is 4.83. The van der Waals surface area contributed by atoms with Gasteiger partial charge in [-0.25, -0.2) is 0 Å². The van der Waals surface area contributed by atoms with Crippen molar-refractivity contribution in [1.82, 2.24) is 0 Å². The van der Waals surface area contributed by atoms with Crippen LogP contribution in [0, 0.1) is 11.8 Å². The molecule has 0 aromatic heterocycles. The molecule has 0 atom stereocenters. The molecule has 20 heavy (non-hydrogen) atoms. The van der Waals surface area contributed by atoms with Crippen molar-refractivity contribution in [3.05, 3.63) is 0 Å². The van der Waals surface area contributed by atoms with Crippen LogP contribution in [0.3, 0.4) is 0 Å². The molecule has 0 aromatic rings. The van der Waals surface area contributed by atoms with Crippen LogP contribution in [0.25, 0.3) is 0 Å². The van der Waals surface area contributed by atoms with E-state index in [2.05, 4.69) is 27.8 Å². The van der Waals surface area contributed by atoms with Gasteiger partial charge in [0.25, 0.3) is 0 Å². The van der Waals surface area contributed by atoms with Gasteiger partial charge in [-0.1, -0.05) is 60.4 Å². The number of halogens is 1. The number of alkyl halides is 1. The molecule has 0 spiro atoms. The van der Waals surface area contributed by atoms with E-state index in [9.17, 15) is 0 Å². The zero-order chi connectivity index (χ0) is 14.9. The van der Waals surface area contributed by atoms with E-state index in [1.165, 1.54) is 51.4 Å². The summed E-state index contributed by atoms with van der Waals surface area (Å²) in [4.78, 5) is 0. The van der Waals surface area contributed by atoms with Gasteiger partial charge in [0.2, 0.25) is 6.29 Å². The van der Waals surface area contributed by atoms with Crippen molar-refractivity contribution in [3.8, 4) is 11.8 Å². The fourth-order valence-corrected chi connectivity index (χ4v) is 2.35. The molecule has 2 nitrogen and oxygen atoms in total. The molecule has 0 N–H and O–H groups in total. The van der Waals surface area contributed by atoms with Crippen molar-refractivity contribution in [2.45, 2.75) is 77.9 Å². The molecule has 0 saturated carbocycles. The maximum absolute atomic E-state index is 5.38. The molecule has 0 rings (SSSR count). The number of hydrogen-bond acceptors (Lipinski definition) is 2. The molecule has 118 valence electrons. The third-order valence-electron chi connectivity index (χ3n) is 3.04. The molecule has 3 heteroatoms. The monoisotopic (exact) mass is 346 g/mol. The first-order chi connectivity index (χ1) is 9.85. The predicted molar refractivity (Wildman–Crippen MR) is 90.2 cm³/mol. The standard InChI is InChI=1S/C17H31BrO2/c1-3-19-17(20-4-2)15-13-11-9-7-5-6-8-10-12-14-16-18/h17H,3-12,14,16H2,1-2H3. The first kappa shape index (κ1) is 20.0. The van der Waals surface area contributed by atoms with Crippen LogP contribution in [0.5, 0.6) is 0 Å². The van der Waals surface area contributed by atoms with Gasteiger partial charge in [-0.15, -0.1) is 0 Å². The Hall–Kier alpha value is -0.0400. The molecule has 0 saturated heterocycles. The average molecular weight is 347 g/mol. The molecule has 0 amide bonds. The minimum Gasteiger partial charge on any atom is -0.342 e. The van der Waals surface area contributed by atoms with Crippen molar-refractivity contribution in [3.63, 3.8) is 0 Å². The quantitative estimate of drug-likeness (QED) is 0.195. The molecule has 0 heterocycles. The lowest BCUT2D eigenvalue weighted by molar-refractivity contribution is -0.0970. The maximum Gasteiger partial charge on any atom is 0.222 e. The maximum atomic E-state index is 5.38. The summed E-state index contributed by atoms with van der Waals surface area (Å²) in [7, 11) is 0. The molecule has 0 fully saturated rings. The van der Waals surface area contributed by atoms with Crippen LogP contribution in [0.4, 0.5) is 0 Å². The summed E-state index contributed by atoms with van der Waals surface area (Å²) in [5.41, 5.74) is 0. The summed E-state index contributed by atoms with van der Waals surface area (Å²) in [6.07, 6.45) is 11.3. The van der Waals surface area contributed by atoms with Crippen LogP contribution in [-0.2, 0) is 9.47 Å². The van der Waals surface area contributed by atoms with E-state index >= 15 is 0 Å². The molecule has 0 aliphatic rings. The van der Waals surface area contributed by atoms with E-state index in [0.29, 0.717) is 13.2 Å². The minimum atomic E-state index is -0.334. The number of unbranched alkanes of at least 4 members (excludes halogenated alkanes) is 8. The first-order valence-electron chi connectivity index (χ1n) is 8.12. The Labute approximate surface area is 134 Å². The highest BCUT2D eigenvalue weighted by atomic mass is 79.9. The Bertz CT molecular complexity index is 239. The van der Waals surface area contributed by atoms with Crippen LogP contribution in [0.1, 0.15) is 71.6 Å². The van der Waals surface area contributed by atoms with Gasteiger partial charge in [-0.3, -0.25) is 0 Å². The topological polar surface area (TPSA) is 18.5 Å². The van der Waals surface area contributed by atoms with E-state index in [1.807, 2.05) is 13.8 Å². The van der Waals surface area contributed by atoms with Gasteiger partial charge < -0.3 is 9.47 Å². The second kappa shape index (κ2) is 17.0. The van der Waals surface area contributed by atoms with Crippen molar-refractivity contribution >= 4 is 15.9 Å². The highest BCUT2D eigenvalue weighted by molar-refractivity contribution is 9.09. The lowest BCUT2D eigenvalue weighted by atomic mass is 10.1. The first-order valence-corrected chi connectivity index (χ1v) is 9.24. The zero-order valence-corrected chi connectivity index (χ0v) is 14.8. The predicted octanol–water partition coefficient (Wildman–Crippen LogP) is 5.29. The van der Waals surface area contributed by atoms with E-state index in [0.717, 1.165) is 11.8 Å². The number of hydrogen-bond donors (Lipinski definition) is 0. The van der Waals surface area contributed by atoms with Gasteiger partial charge in [-0.2, -0.15) is 0 Å². The van der Waals surface area contributed by atoms with Crippen LogP contribution >= 0.6 is 15.9 Å². The lowest BCUT2D eigenvalue weighted by Gasteiger charge is -2.09. The summed E-state index contributed by atoms with van der Waals surface area (Å²) in [6, 6.07) is 0. The third kappa shape index (κ3) is 14.4. The largest absolute Gasteiger partial charge is 0.342 e. The van der Waals surface area contributed by atoms with E-state index in [-0.39, 0.29) is 6.29 Å². The molecule has 0 bridgehead atoms. The molecular formula is C17H31BrO2. The van der Waals surface area contributed by atoms with Crippen LogP contribution in [0.2, 0.25) is 0 Å². The van der Waals surface area contributed by atoms with E-state index < -0.39 is 0 Å². The summed E-state index contributed by atoms with van der Waals surface area (Å²) >= 11 is 3.47. The van der Waals surface area contributed by atoms with E-state index in [4.69, 9.17) is 9.47 Å². The van der Waals surface area contributed by atoms with Crippen LogP contribution in [0.15, 0.2) is 0 Å². The van der Waals surface area contributed by atoms with Crippen molar-refractivity contribution in [2.75, 3.05) is 18.5 Å². The van der Waals surface area contributed by atoms with Crippen LogP contribution in [-0.4, -0.2) is 24.8 Å². The molecule has 0 aliphatic carbocycles. The molecule has 0 aromatic carbocycles. The van der Waals surface area contributed by atoms with Gasteiger partial charge in [0.05, 0.1) is 0 Å². The van der Waals surface area contributed by atoms with Gasteiger partial charge in [0, 0.05) is 25.0 Å². The Balaban J connectivity index is 3.38. The summed E-state index contributed by atoms with van der Waals surface area (Å²) in [5, 5.41) is 1.15. The van der Waals surface area contributed by atoms with Crippen LogP contribution < -0.4 is 0 Å². The summed E-state index contributed by atoms with van der Waals surface area (Å²) in [6.45, 7) is 5.22. The smallest absolute Gasteiger partial charge is 0.222 e. The average Bonchev–Trinajstić information content (AvgIpc) is 2.45.